The summed E-state index contributed by atoms with van der Waals surface area (Å²) in [6, 6.07) is 0. The van der Waals surface area contributed by atoms with E-state index in [2.05, 4.69) is 5.32 Å². The number of hydrogen-bond acceptors (Lipinski definition) is 4. The number of rotatable bonds is 5. The molecular weight excluding hydrogens is 272 g/mol. The molecule has 1 amide bonds. The van der Waals surface area contributed by atoms with Crippen LogP contribution in [0.25, 0.3) is 0 Å². The minimum absolute atomic E-state index is 0.111. The van der Waals surface area contributed by atoms with E-state index in [1.807, 2.05) is 6.92 Å². The summed E-state index contributed by atoms with van der Waals surface area (Å²) in [5, 5.41) is 3.11. The van der Waals surface area contributed by atoms with Crippen LogP contribution in [0.2, 0.25) is 0 Å². The molecule has 21 heavy (non-hydrogen) atoms. The largest absolute Gasteiger partial charge is 0.340 e. The van der Waals surface area contributed by atoms with Crippen molar-refractivity contribution in [3.05, 3.63) is 32.6 Å². The summed E-state index contributed by atoms with van der Waals surface area (Å²) in [5.74, 6) is -0.111. The molecule has 0 fully saturated rings. The Labute approximate surface area is 124 Å². The number of carbonyl (C=O) groups is 1. The van der Waals surface area contributed by atoms with E-state index in [0.29, 0.717) is 12.1 Å². The fourth-order valence-corrected chi connectivity index (χ4v) is 2.31. The van der Waals surface area contributed by atoms with E-state index in [9.17, 15) is 14.4 Å². The second-order valence-corrected chi connectivity index (χ2v) is 5.73. The van der Waals surface area contributed by atoms with Crippen LogP contribution >= 0.6 is 0 Å². The summed E-state index contributed by atoms with van der Waals surface area (Å²) in [5.41, 5.74) is -1.05. The van der Waals surface area contributed by atoms with Gasteiger partial charge in [-0.3, -0.25) is 14.2 Å². The van der Waals surface area contributed by atoms with Crippen LogP contribution in [0.1, 0.15) is 26.3 Å². The number of carbonyl (C=O) groups excluding carboxylic acids is 1. The van der Waals surface area contributed by atoms with Crippen molar-refractivity contribution in [2.24, 2.45) is 14.1 Å². The fourth-order valence-electron chi connectivity index (χ4n) is 2.31. The van der Waals surface area contributed by atoms with Crippen molar-refractivity contribution < 1.29 is 4.79 Å². The van der Waals surface area contributed by atoms with Gasteiger partial charge < -0.3 is 14.8 Å². The Morgan fingerprint density at radius 2 is 1.90 bits per heavy atom. The second-order valence-electron chi connectivity index (χ2n) is 5.73. The second kappa shape index (κ2) is 6.26. The van der Waals surface area contributed by atoms with Crippen LogP contribution in [-0.2, 0) is 25.4 Å². The Morgan fingerprint density at radius 1 is 1.33 bits per heavy atom. The molecule has 0 saturated carbocycles. The predicted molar refractivity (Wildman–Crippen MR) is 81.2 cm³/mol. The van der Waals surface area contributed by atoms with E-state index < -0.39 is 5.54 Å². The van der Waals surface area contributed by atoms with Gasteiger partial charge in [0, 0.05) is 27.3 Å². The first-order chi connectivity index (χ1) is 9.61. The van der Waals surface area contributed by atoms with Crippen molar-refractivity contribution in [2.45, 2.75) is 32.9 Å². The quantitative estimate of drug-likeness (QED) is 0.789. The van der Waals surface area contributed by atoms with Gasteiger partial charge in [0.25, 0.3) is 5.56 Å². The zero-order valence-electron chi connectivity index (χ0n) is 13.6. The Morgan fingerprint density at radius 3 is 2.43 bits per heavy atom. The Balaban J connectivity index is 3.05. The van der Waals surface area contributed by atoms with Gasteiger partial charge in [0.2, 0.25) is 5.91 Å². The highest BCUT2D eigenvalue weighted by Gasteiger charge is 2.29. The first kappa shape index (κ1) is 17.2. The lowest BCUT2D eigenvalue weighted by Gasteiger charge is -2.30. The van der Waals surface area contributed by atoms with Crippen molar-refractivity contribution in [1.82, 2.24) is 19.4 Å². The molecule has 7 nitrogen and oxygen atoms in total. The fraction of sp³-hybridized carbons (Fsp3) is 0.643. The van der Waals surface area contributed by atoms with E-state index in [1.165, 1.54) is 22.7 Å². The summed E-state index contributed by atoms with van der Waals surface area (Å²) in [6.07, 6.45) is 1.48. The predicted octanol–water partition coefficient (Wildman–Crippen LogP) is -0.569. The Bertz CT molecular complexity index is 643. The van der Waals surface area contributed by atoms with E-state index in [4.69, 9.17) is 0 Å². The molecule has 0 aliphatic carbocycles. The zero-order valence-corrected chi connectivity index (χ0v) is 13.6. The number of likely N-dealkylation sites (N-methyl/N-ethyl adjacent to an activating group) is 2. The van der Waals surface area contributed by atoms with Gasteiger partial charge in [0.15, 0.2) is 0 Å². The average Bonchev–Trinajstić information content (AvgIpc) is 2.41. The minimum Gasteiger partial charge on any atom is -0.340 e. The number of aromatic nitrogens is 2. The zero-order chi connectivity index (χ0) is 16.4. The van der Waals surface area contributed by atoms with Crippen LogP contribution in [0, 0.1) is 0 Å². The topological polar surface area (TPSA) is 76.3 Å². The van der Waals surface area contributed by atoms with Crippen molar-refractivity contribution in [2.75, 3.05) is 13.6 Å². The summed E-state index contributed by atoms with van der Waals surface area (Å²) in [4.78, 5) is 37.6. The third kappa shape index (κ3) is 3.60. The number of nitrogens with zero attached hydrogens (tertiary/aromatic N) is 3. The molecule has 0 aliphatic heterocycles. The van der Waals surface area contributed by atoms with Gasteiger partial charge in [0.05, 0.1) is 17.6 Å². The molecule has 1 heterocycles. The van der Waals surface area contributed by atoms with Crippen LogP contribution in [0.3, 0.4) is 0 Å². The van der Waals surface area contributed by atoms with Crippen molar-refractivity contribution in [3.63, 3.8) is 0 Å². The molecule has 1 aromatic heterocycles. The van der Waals surface area contributed by atoms with E-state index in [0.717, 1.165) is 4.57 Å². The standard InChI is InChI=1S/C14H24N4O3/c1-7-15-14(2,3)12(20)16(4)8-10-9-17(5)13(21)18(6)11(10)19/h9,15H,7-8H2,1-6H3. The molecule has 118 valence electrons. The highest BCUT2D eigenvalue weighted by Crippen LogP contribution is 2.08. The molecule has 0 bridgehead atoms. The molecule has 0 spiro atoms. The normalized spacial score (nSPS) is 11.5. The lowest BCUT2D eigenvalue weighted by molar-refractivity contribution is -0.136. The van der Waals surface area contributed by atoms with Gasteiger partial charge in [-0.25, -0.2) is 4.79 Å². The summed E-state index contributed by atoms with van der Waals surface area (Å²) < 4.78 is 2.38. The maximum absolute atomic E-state index is 12.4. The van der Waals surface area contributed by atoms with Crippen LogP contribution in [0.15, 0.2) is 15.8 Å². The number of aryl methyl sites for hydroxylation is 1. The maximum Gasteiger partial charge on any atom is 0.330 e. The maximum atomic E-state index is 12.4. The van der Waals surface area contributed by atoms with Crippen molar-refractivity contribution in [3.8, 4) is 0 Å². The highest BCUT2D eigenvalue weighted by molar-refractivity contribution is 5.85. The van der Waals surface area contributed by atoms with Crippen LogP contribution in [-0.4, -0.2) is 39.1 Å². The third-order valence-corrected chi connectivity index (χ3v) is 3.43. The van der Waals surface area contributed by atoms with Gasteiger partial charge in [-0.05, 0) is 20.4 Å². The third-order valence-electron chi connectivity index (χ3n) is 3.43. The van der Waals surface area contributed by atoms with Gasteiger partial charge in [-0.1, -0.05) is 6.92 Å². The Hall–Kier alpha value is -1.89. The summed E-state index contributed by atoms with van der Waals surface area (Å²) in [7, 11) is 4.65. The highest BCUT2D eigenvalue weighted by atomic mass is 16.2. The molecule has 0 radical (unpaired) electrons. The Kier molecular flexibility index (Phi) is 5.11. The first-order valence-corrected chi connectivity index (χ1v) is 6.88. The van der Waals surface area contributed by atoms with Crippen LogP contribution in [0.4, 0.5) is 0 Å². The van der Waals surface area contributed by atoms with Crippen LogP contribution in [0.5, 0.6) is 0 Å². The molecule has 0 aromatic carbocycles. The van der Waals surface area contributed by atoms with E-state index in [-0.39, 0.29) is 23.7 Å². The molecule has 0 aliphatic rings. The molecular formula is C14H24N4O3. The summed E-state index contributed by atoms with van der Waals surface area (Å²) in [6.45, 7) is 6.36. The molecule has 0 atom stereocenters. The van der Waals surface area contributed by atoms with Gasteiger partial charge in [-0.15, -0.1) is 0 Å². The molecule has 1 aromatic rings. The van der Waals surface area contributed by atoms with Crippen molar-refractivity contribution in [1.29, 1.82) is 0 Å². The van der Waals surface area contributed by atoms with Crippen LogP contribution < -0.4 is 16.6 Å². The number of nitrogens with one attached hydrogen (secondary N) is 1. The molecule has 1 N–H and O–H groups in total. The molecule has 0 saturated heterocycles. The SMILES string of the molecule is CCNC(C)(C)C(=O)N(C)Cc1cn(C)c(=O)n(C)c1=O. The average molecular weight is 296 g/mol. The monoisotopic (exact) mass is 296 g/mol. The van der Waals surface area contributed by atoms with Crippen molar-refractivity contribution >= 4 is 5.91 Å². The van der Waals surface area contributed by atoms with Gasteiger partial charge in [-0.2, -0.15) is 0 Å². The molecule has 0 unspecified atom stereocenters. The first-order valence-electron chi connectivity index (χ1n) is 6.88. The number of amides is 1. The van der Waals surface area contributed by atoms with E-state index >= 15 is 0 Å². The minimum atomic E-state index is -0.699. The molecule has 7 heteroatoms. The molecule has 1 rings (SSSR count). The van der Waals surface area contributed by atoms with Gasteiger partial charge in [0.1, 0.15) is 0 Å². The lowest BCUT2D eigenvalue weighted by atomic mass is 10.0. The lowest BCUT2D eigenvalue weighted by Crippen LogP contribution is -2.53. The van der Waals surface area contributed by atoms with E-state index in [1.54, 1.807) is 27.9 Å². The van der Waals surface area contributed by atoms with Gasteiger partial charge >= 0.3 is 5.69 Å². The smallest absolute Gasteiger partial charge is 0.330 e. The summed E-state index contributed by atoms with van der Waals surface area (Å²) >= 11 is 0. The number of hydrogen-bond donors (Lipinski definition) is 1.